The smallest absolute Gasteiger partial charge is 0.336 e. The van der Waals surface area contributed by atoms with Crippen molar-refractivity contribution in [3.63, 3.8) is 0 Å². The van der Waals surface area contributed by atoms with E-state index in [-0.39, 0.29) is 44.1 Å². The molecule has 0 aliphatic heterocycles. The van der Waals surface area contributed by atoms with Crippen LogP contribution >= 0.6 is 23.2 Å². The fraction of sp³-hybridized carbons (Fsp3) is 0.451. The van der Waals surface area contributed by atoms with Crippen LogP contribution in [0.2, 0.25) is 35.7 Å². The van der Waals surface area contributed by atoms with Gasteiger partial charge in [-0.1, -0.05) is 55.0 Å². The third-order valence-electron chi connectivity index (χ3n) is 10.7. The largest absolute Gasteiger partial charge is 0.481 e. The van der Waals surface area contributed by atoms with Crippen LogP contribution in [0.3, 0.4) is 0 Å². The van der Waals surface area contributed by atoms with E-state index in [0.717, 1.165) is 39.4 Å². The lowest BCUT2D eigenvalue weighted by atomic mass is 9.95. The Kier molecular flexibility index (Phi) is 18.8. The molecule has 0 aliphatic rings. The first kappa shape index (κ1) is 55.8. The minimum atomic E-state index is -1.20. The van der Waals surface area contributed by atoms with Crippen LogP contribution in [-0.4, -0.2) is 104 Å². The summed E-state index contributed by atoms with van der Waals surface area (Å²) in [6.45, 7) is 26.4. The number of pyridine rings is 2. The summed E-state index contributed by atoms with van der Waals surface area (Å²) in [4.78, 5) is 40.8. The molecule has 4 heterocycles. The number of H-pyrrole nitrogens is 1. The highest BCUT2D eigenvalue weighted by Crippen LogP contribution is 2.35. The monoisotopic (exact) mass is 1030 g/mol. The van der Waals surface area contributed by atoms with Crippen LogP contribution in [0, 0.1) is 24.7 Å². The fourth-order valence-corrected chi connectivity index (χ4v) is 7.74. The lowest BCUT2D eigenvalue weighted by Crippen LogP contribution is -2.32. The molecule has 4 aromatic heterocycles. The Balaban J connectivity index is 0.000000272. The number of aromatic nitrogens is 8. The maximum Gasteiger partial charge on any atom is 0.336 e. The van der Waals surface area contributed by atoms with E-state index in [1.54, 1.807) is 50.8 Å². The van der Waals surface area contributed by atoms with Crippen LogP contribution < -0.4 is 18.9 Å². The molecule has 0 saturated carbocycles. The second-order valence-corrected chi connectivity index (χ2v) is 26.5. The summed E-state index contributed by atoms with van der Waals surface area (Å²) >= 11 is 13.3. The topological polar surface area (TPSA) is 208 Å². The van der Waals surface area contributed by atoms with E-state index in [9.17, 15) is 14.7 Å². The number of esters is 1. The van der Waals surface area contributed by atoms with Crippen molar-refractivity contribution in [3.05, 3.63) is 82.1 Å². The summed E-state index contributed by atoms with van der Waals surface area (Å²) in [7, 11) is 0.168. The normalized spacial score (nSPS) is 11.9. The van der Waals surface area contributed by atoms with Crippen molar-refractivity contribution >= 4 is 43.2 Å². The number of aromatic amines is 1. The van der Waals surface area contributed by atoms with Crippen LogP contribution in [0.4, 0.5) is 0 Å². The molecule has 0 saturated heterocycles. The summed E-state index contributed by atoms with van der Waals surface area (Å²) in [5.74, 6) is 0.523. The number of methoxy groups -OCH3 is 1. The Bertz CT molecular complexity index is 2790. The molecule has 0 spiro atoms. The van der Waals surface area contributed by atoms with Gasteiger partial charge in [-0.15, -0.1) is 10.2 Å². The number of halogens is 2. The van der Waals surface area contributed by atoms with Gasteiger partial charge in [0.15, 0.2) is 11.6 Å². The molecule has 0 fully saturated rings. The van der Waals surface area contributed by atoms with Crippen LogP contribution in [0.15, 0.2) is 60.9 Å². The first-order valence-corrected chi connectivity index (χ1v) is 27.6. The molecule has 0 amide bonds. The molecule has 0 atom stereocenters. The Morgan fingerprint density at radius 2 is 1.30 bits per heavy atom. The molecule has 6 aromatic rings. The highest BCUT2D eigenvalue weighted by Gasteiger charge is 2.30. The predicted octanol–water partition coefficient (Wildman–Crippen LogP) is 11.4. The fourth-order valence-electron chi connectivity index (χ4n) is 6.45. The van der Waals surface area contributed by atoms with E-state index in [4.69, 9.17) is 51.6 Å². The maximum absolute atomic E-state index is 11.9. The zero-order valence-corrected chi connectivity index (χ0v) is 45.6. The summed E-state index contributed by atoms with van der Waals surface area (Å²) in [6.07, 6.45) is 3.33. The average molecular weight is 1030 g/mol. The molecule has 6 rings (SSSR count). The zero-order chi connectivity index (χ0) is 52.4. The second kappa shape index (κ2) is 23.9. The van der Waals surface area contributed by atoms with Gasteiger partial charge in [0.1, 0.15) is 19.9 Å². The molecule has 0 unspecified atom stereocenters. The average Bonchev–Trinajstić information content (AvgIpc) is 3.91. The standard InChI is InChI=1S/C29H41ClN4O5Si.C22H25ClN4O4/c1-19(2)39-28-32-26(33-34(28)18-37-12-13-40(7,8)9)22-11-10-21(15-24(22)30)23-16-31-25(14-20(23)3)38-17-29(4,5)27(35)36-6;1-12(2)31-21-25-19(26-27-21)15-7-6-14(9-17(15)23)16-10-24-18(8-13(16)3)30-11-22(4,5)20(28)29/h10-11,14-16,19H,12-13,17-18H2,1-9H3;6-10,12H,11H2,1-5H3,(H,28,29)(H,25,26,27). The Morgan fingerprint density at radius 1 is 0.761 bits per heavy atom. The number of hydrogen-bond acceptors (Lipinski definition) is 14. The molecule has 382 valence electrons. The lowest BCUT2D eigenvalue weighted by Gasteiger charge is -2.21. The van der Waals surface area contributed by atoms with Gasteiger partial charge in [-0.2, -0.15) is 14.6 Å². The Labute approximate surface area is 427 Å². The maximum atomic E-state index is 11.9. The molecule has 0 radical (unpaired) electrons. The van der Waals surface area contributed by atoms with E-state index < -0.39 is 24.9 Å². The number of carboxylic acids is 1. The minimum absolute atomic E-state index is 0.0222. The van der Waals surface area contributed by atoms with E-state index >= 15 is 0 Å². The first-order chi connectivity index (χ1) is 33.3. The third kappa shape index (κ3) is 15.7. The number of rotatable bonds is 21. The van der Waals surface area contributed by atoms with Crippen molar-refractivity contribution in [3.8, 4) is 68.8 Å². The molecule has 20 heteroatoms. The highest BCUT2D eigenvalue weighted by molar-refractivity contribution is 6.76. The van der Waals surface area contributed by atoms with Gasteiger partial charge in [0.2, 0.25) is 11.8 Å². The molecule has 2 N–H and O–H groups in total. The van der Waals surface area contributed by atoms with Gasteiger partial charge in [-0.05, 0) is 122 Å². The van der Waals surface area contributed by atoms with E-state index in [1.165, 1.54) is 7.11 Å². The van der Waals surface area contributed by atoms with Crippen LogP contribution in [0.25, 0.3) is 45.0 Å². The number of nitrogens with one attached hydrogen (secondary N) is 1. The van der Waals surface area contributed by atoms with E-state index in [2.05, 4.69) is 54.9 Å². The molecular formula is C51H66Cl2N8O9Si. The summed E-state index contributed by atoms with van der Waals surface area (Å²) in [6, 6.07) is 16.7. The molecule has 0 bridgehead atoms. The lowest BCUT2D eigenvalue weighted by molar-refractivity contribution is -0.152. The first-order valence-electron chi connectivity index (χ1n) is 23.2. The number of aryl methyl sites for hydroxylation is 2. The summed E-state index contributed by atoms with van der Waals surface area (Å²) in [5, 5.41) is 21.7. The summed E-state index contributed by atoms with van der Waals surface area (Å²) < 4.78 is 35.1. The second-order valence-electron chi connectivity index (χ2n) is 20.1. The van der Waals surface area contributed by atoms with Gasteiger partial charge >= 0.3 is 24.0 Å². The van der Waals surface area contributed by atoms with Crippen molar-refractivity contribution in [1.29, 1.82) is 0 Å². The molecule has 71 heavy (non-hydrogen) atoms. The minimum Gasteiger partial charge on any atom is -0.481 e. The van der Waals surface area contributed by atoms with Gasteiger partial charge in [0.05, 0.1) is 40.2 Å². The number of nitrogens with zero attached hydrogens (tertiary/aromatic N) is 7. The zero-order valence-electron chi connectivity index (χ0n) is 43.1. The van der Waals surface area contributed by atoms with Gasteiger partial charge in [0, 0.05) is 61.5 Å². The summed E-state index contributed by atoms with van der Waals surface area (Å²) in [5.41, 5.74) is 5.07. The van der Waals surface area contributed by atoms with Crippen LogP contribution in [-0.2, 0) is 25.8 Å². The SMILES string of the molecule is COC(=O)C(C)(C)COc1cc(C)c(-c2ccc(-c3nc(OC(C)C)n(COCC[Si](C)(C)C)n3)c(Cl)c2)cn1.Cc1cc(OCC(C)(C)C(=O)O)ncc1-c1ccc(-c2nc(OC(C)C)n[nH]2)c(Cl)c1. The molecule has 2 aromatic carbocycles. The molecule has 17 nitrogen and oxygen atoms in total. The quantitative estimate of drug-likeness (QED) is 0.0390. The molecule has 0 aliphatic carbocycles. The Morgan fingerprint density at radius 3 is 1.77 bits per heavy atom. The number of carbonyl (C=O) groups is 2. The third-order valence-corrected chi connectivity index (χ3v) is 13.0. The molecular weight excluding hydrogens is 968 g/mol. The van der Waals surface area contributed by atoms with Crippen molar-refractivity contribution in [2.45, 2.75) is 114 Å². The number of hydrogen-bond donors (Lipinski definition) is 2. The van der Waals surface area contributed by atoms with Gasteiger partial charge in [-0.3, -0.25) is 14.7 Å². The van der Waals surface area contributed by atoms with Crippen LogP contribution in [0.5, 0.6) is 23.8 Å². The number of carboxylic acid groups (broad SMARTS) is 1. The van der Waals surface area contributed by atoms with Crippen molar-refractivity contribution in [2.75, 3.05) is 26.9 Å². The number of aliphatic carboxylic acids is 1. The Hall–Kier alpha value is -6.08. The van der Waals surface area contributed by atoms with Crippen molar-refractivity contribution in [2.24, 2.45) is 10.8 Å². The highest BCUT2D eigenvalue weighted by atomic mass is 35.5. The number of carbonyl (C=O) groups excluding carboxylic acids is 1. The van der Waals surface area contributed by atoms with Crippen LogP contribution in [0.1, 0.15) is 66.5 Å². The number of ether oxygens (including phenoxy) is 6. The van der Waals surface area contributed by atoms with Crippen molar-refractivity contribution in [1.82, 2.24) is 39.9 Å². The van der Waals surface area contributed by atoms with Gasteiger partial charge < -0.3 is 33.5 Å². The van der Waals surface area contributed by atoms with E-state index in [0.29, 0.717) is 57.2 Å². The number of benzene rings is 2. The van der Waals surface area contributed by atoms with E-state index in [1.807, 2.05) is 84.0 Å². The van der Waals surface area contributed by atoms with Gasteiger partial charge in [-0.25, -0.2) is 9.97 Å². The van der Waals surface area contributed by atoms with Crippen molar-refractivity contribution < 1.29 is 43.1 Å². The predicted molar refractivity (Wildman–Crippen MR) is 277 cm³/mol. The van der Waals surface area contributed by atoms with Gasteiger partial charge in [0.25, 0.3) is 0 Å².